The topological polar surface area (TPSA) is 75.7 Å². The standard InChI is InChI=1S/C12H19ClN2O4/c1-3-19-11(17)9-4-6-15(7-5-9)12(18)14-10(16)8(2)13/h8-9H,3-7H2,1-2H3,(H,14,16,18). The fourth-order valence-electron chi connectivity index (χ4n) is 1.86. The average Bonchev–Trinajstić information content (AvgIpc) is 2.39. The molecule has 0 aliphatic carbocycles. The Balaban J connectivity index is 2.39. The maximum absolute atomic E-state index is 11.7. The van der Waals surface area contributed by atoms with Gasteiger partial charge in [0.2, 0.25) is 5.91 Å². The van der Waals surface area contributed by atoms with Crippen LogP contribution >= 0.6 is 11.6 Å². The molecule has 1 aliphatic heterocycles. The average molecular weight is 291 g/mol. The van der Waals surface area contributed by atoms with Gasteiger partial charge in [-0.15, -0.1) is 11.6 Å². The predicted molar refractivity (Wildman–Crippen MR) is 69.8 cm³/mol. The first-order valence-corrected chi connectivity index (χ1v) is 6.79. The number of hydrogen-bond donors (Lipinski definition) is 1. The summed E-state index contributed by atoms with van der Waals surface area (Å²) in [5, 5.41) is 1.47. The summed E-state index contributed by atoms with van der Waals surface area (Å²) >= 11 is 5.57. The number of imide groups is 1. The van der Waals surface area contributed by atoms with E-state index in [0.29, 0.717) is 32.5 Å². The molecule has 0 spiro atoms. The van der Waals surface area contributed by atoms with Crippen LogP contribution in [0.1, 0.15) is 26.7 Å². The van der Waals surface area contributed by atoms with Crippen LogP contribution in [0.3, 0.4) is 0 Å². The molecule has 0 radical (unpaired) electrons. The van der Waals surface area contributed by atoms with Crippen molar-refractivity contribution in [3.63, 3.8) is 0 Å². The van der Waals surface area contributed by atoms with Gasteiger partial charge in [-0.25, -0.2) is 4.79 Å². The summed E-state index contributed by atoms with van der Waals surface area (Å²) in [6.07, 6.45) is 1.10. The molecular formula is C12H19ClN2O4. The number of carbonyl (C=O) groups is 3. The van der Waals surface area contributed by atoms with Gasteiger partial charge >= 0.3 is 12.0 Å². The molecule has 0 saturated carbocycles. The Morgan fingerprint density at radius 2 is 1.95 bits per heavy atom. The van der Waals surface area contributed by atoms with Crippen LogP contribution in [0.2, 0.25) is 0 Å². The Morgan fingerprint density at radius 1 is 1.37 bits per heavy atom. The Bertz CT molecular complexity index is 352. The number of hydrogen-bond acceptors (Lipinski definition) is 4. The van der Waals surface area contributed by atoms with Crippen LogP contribution in [0.15, 0.2) is 0 Å². The fourth-order valence-corrected chi connectivity index (χ4v) is 1.92. The van der Waals surface area contributed by atoms with Crippen LogP contribution in [0, 0.1) is 5.92 Å². The Morgan fingerprint density at radius 3 is 2.42 bits per heavy atom. The van der Waals surface area contributed by atoms with E-state index in [1.54, 1.807) is 6.92 Å². The quantitative estimate of drug-likeness (QED) is 0.624. The first-order chi connectivity index (χ1) is 8.95. The first kappa shape index (κ1) is 15.8. The third kappa shape index (κ3) is 4.70. The number of nitrogens with zero attached hydrogens (tertiary/aromatic N) is 1. The highest BCUT2D eigenvalue weighted by Crippen LogP contribution is 2.18. The van der Waals surface area contributed by atoms with E-state index in [1.807, 2.05) is 0 Å². The third-order valence-corrected chi connectivity index (χ3v) is 3.19. The second kappa shape index (κ2) is 7.33. The number of esters is 1. The summed E-state index contributed by atoms with van der Waals surface area (Å²) in [5.41, 5.74) is 0. The van der Waals surface area contributed by atoms with Crippen LogP contribution in [-0.2, 0) is 14.3 Å². The highest BCUT2D eigenvalue weighted by atomic mass is 35.5. The number of rotatable bonds is 3. The number of alkyl halides is 1. The minimum atomic E-state index is -0.749. The van der Waals surface area contributed by atoms with Crippen molar-refractivity contribution in [2.75, 3.05) is 19.7 Å². The lowest BCUT2D eigenvalue weighted by atomic mass is 9.97. The van der Waals surface area contributed by atoms with Gasteiger partial charge in [0.1, 0.15) is 5.38 Å². The summed E-state index contributed by atoms with van der Waals surface area (Å²) < 4.78 is 4.94. The van der Waals surface area contributed by atoms with Gasteiger partial charge in [0.15, 0.2) is 0 Å². The molecule has 0 aromatic carbocycles. The lowest BCUT2D eigenvalue weighted by molar-refractivity contribution is -0.149. The lowest BCUT2D eigenvalue weighted by Crippen LogP contribution is -2.48. The van der Waals surface area contributed by atoms with Crippen molar-refractivity contribution in [1.82, 2.24) is 10.2 Å². The molecule has 19 heavy (non-hydrogen) atoms. The normalized spacial score (nSPS) is 17.7. The van der Waals surface area contributed by atoms with Gasteiger partial charge in [0.25, 0.3) is 0 Å². The van der Waals surface area contributed by atoms with Crippen LogP contribution in [0.25, 0.3) is 0 Å². The molecule has 0 bridgehead atoms. The van der Waals surface area contributed by atoms with E-state index in [9.17, 15) is 14.4 Å². The molecule has 1 unspecified atom stereocenters. The largest absolute Gasteiger partial charge is 0.466 e. The summed E-state index contributed by atoms with van der Waals surface area (Å²) in [4.78, 5) is 36.1. The van der Waals surface area contributed by atoms with E-state index >= 15 is 0 Å². The summed E-state index contributed by atoms with van der Waals surface area (Å²) in [7, 11) is 0. The van der Waals surface area contributed by atoms with Crippen molar-refractivity contribution in [2.24, 2.45) is 5.92 Å². The van der Waals surface area contributed by atoms with Crippen molar-refractivity contribution < 1.29 is 19.1 Å². The van der Waals surface area contributed by atoms with Crippen molar-refractivity contribution in [3.8, 4) is 0 Å². The highest BCUT2D eigenvalue weighted by Gasteiger charge is 2.29. The van der Waals surface area contributed by atoms with E-state index in [1.165, 1.54) is 11.8 Å². The van der Waals surface area contributed by atoms with Crippen molar-refractivity contribution in [1.29, 1.82) is 0 Å². The minimum absolute atomic E-state index is 0.161. The fraction of sp³-hybridized carbons (Fsp3) is 0.750. The Hall–Kier alpha value is -1.30. The summed E-state index contributed by atoms with van der Waals surface area (Å²) in [5.74, 6) is -0.890. The summed E-state index contributed by atoms with van der Waals surface area (Å²) in [6, 6.07) is -0.459. The van der Waals surface area contributed by atoms with E-state index in [0.717, 1.165) is 0 Å². The highest BCUT2D eigenvalue weighted by molar-refractivity contribution is 6.31. The Labute approximate surface area is 117 Å². The smallest absolute Gasteiger partial charge is 0.324 e. The number of carbonyl (C=O) groups excluding carboxylic acids is 3. The zero-order valence-corrected chi connectivity index (χ0v) is 11.9. The van der Waals surface area contributed by atoms with Crippen molar-refractivity contribution in [3.05, 3.63) is 0 Å². The summed E-state index contributed by atoms with van der Waals surface area (Å²) in [6.45, 7) is 4.48. The molecule has 1 saturated heterocycles. The number of amides is 3. The lowest BCUT2D eigenvalue weighted by Gasteiger charge is -2.30. The van der Waals surface area contributed by atoms with Crippen LogP contribution in [-0.4, -0.2) is 47.9 Å². The third-order valence-electron chi connectivity index (χ3n) is 2.99. The van der Waals surface area contributed by atoms with E-state index in [-0.39, 0.29) is 11.9 Å². The van der Waals surface area contributed by atoms with Gasteiger partial charge in [-0.05, 0) is 26.7 Å². The van der Waals surface area contributed by atoms with Gasteiger partial charge in [0, 0.05) is 13.1 Å². The van der Waals surface area contributed by atoms with Crippen molar-refractivity contribution in [2.45, 2.75) is 32.1 Å². The molecule has 1 aliphatic rings. The van der Waals surface area contributed by atoms with Gasteiger partial charge in [-0.2, -0.15) is 0 Å². The van der Waals surface area contributed by atoms with Crippen LogP contribution < -0.4 is 5.32 Å². The molecular weight excluding hydrogens is 272 g/mol. The Kier molecular flexibility index (Phi) is 6.08. The number of ether oxygens (including phenoxy) is 1. The maximum atomic E-state index is 11.7. The van der Waals surface area contributed by atoms with E-state index in [2.05, 4.69) is 5.32 Å². The molecule has 3 amide bonds. The second-order valence-corrected chi connectivity index (χ2v) is 5.08. The number of likely N-dealkylation sites (tertiary alicyclic amines) is 1. The maximum Gasteiger partial charge on any atom is 0.324 e. The number of piperidine rings is 1. The minimum Gasteiger partial charge on any atom is -0.466 e. The molecule has 1 N–H and O–H groups in total. The molecule has 1 rings (SSSR count). The molecule has 1 heterocycles. The van der Waals surface area contributed by atoms with Gasteiger partial charge in [-0.1, -0.05) is 0 Å². The zero-order valence-electron chi connectivity index (χ0n) is 11.1. The molecule has 6 nitrogen and oxygen atoms in total. The molecule has 1 fully saturated rings. The number of halogens is 1. The molecule has 7 heteroatoms. The van der Waals surface area contributed by atoms with Crippen molar-refractivity contribution >= 4 is 29.5 Å². The van der Waals surface area contributed by atoms with E-state index in [4.69, 9.17) is 16.3 Å². The monoisotopic (exact) mass is 290 g/mol. The predicted octanol–water partition coefficient (Wildman–Crippen LogP) is 1.12. The molecule has 0 aromatic heterocycles. The van der Waals surface area contributed by atoms with E-state index < -0.39 is 17.3 Å². The van der Waals surface area contributed by atoms with Gasteiger partial charge in [-0.3, -0.25) is 14.9 Å². The second-order valence-electron chi connectivity index (χ2n) is 4.42. The zero-order chi connectivity index (χ0) is 14.4. The van der Waals surface area contributed by atoms with Gasteiger partial charge in [0.05, 0.1) is 12.5 Å². The molecule has 0 aromatic rings. The SMILES string of the molecule is CCOC(=O)C1CCN(C(=O)NC(=O)C(C)Cl)CC1. The van der Waals surface area contributed by atoms with Crippen LogP contribution in [0.4, 0.5) is 4.79 Å². The number of nitrogens with one attached hydrogen (secondary N) is 1. The molecule has 1 atom stereocenters. The number of urea groups is 1. The molecule has 108 valence electrons. The van der Waals surface area contributed by atoms with Crippen LogP contribution in [0.5, 0.6) is 0 Å². The van der Waals surface area contributed by atoms with Gasteiger partial charge < -0.3 is 9.64 Å². The first-order valence-electron chi connectivity index (χ1n) is 6.36.